The zero-order chi connectivity index (χ0) is 16.2. The highest BCUT2D eigenvalue weighted by Gasteiger charge is 2.15. The lowest BCUT2D eigenvalue weighted by atomic mass is 10.3. The van der Waals surface area contributed by atoms with Gasteiger partial charge in [-0.2, -0.15) is 0 Å². The minimum absolute atomic E-state index is 0.0977. The largest absolute Gasteiger partial charge is 0.352 e. The molecule has 0 saturated carbocycles. The maximum Gasteiger partial charge on any atom is 0.271 e. The number of thiazole rings is 1. The fourth-order valence-corrected chi connectivity index (χ4v) is 3.33. The van der Waals surface area contributed by atoms with Crippen molar-refractivity contribution in [1.82, 2.24) is 24.5 Å². The second-order valence-corrected chi connectivity index (χ2v) is 6.66. The van der Waals surface area contributed by atoms with Crippen LogP contribution in [0.2, 0.25) is 0 Å². The quantitative estimate of drug-likeness (QED) is 0.786. The first-order valence-electron chi connectivity index (χ1n) is 7.79. The summed E-state index contributed by atoms with van der Waals surface area (Å²) in [6.45, 7) is 5.87. The molecular formula is C15H21N5O2S. The topological polar surface area (TPSA) is 69.9 Å². The summed E-state index contributed by atoms with van der Waals surface area (Å²) < 4.78 is 1.41. The first-order chi connectivity index (χ1) is 11.1. The van der Waals surface area contributed by atoms with Gasteiger partial charge in [-0.05, 0) is 20.0 Å². The van der Waals surface area contributed by atoms with Gasteiger partial charge in [-0.15, -0.1) is 11.3 Å². The van der Waals surface area contributed by atoms with Gasteiger partial charge in [0.1, 0.15) is 5.56 Å². The van der Waals surface area contributed by atoms with Crippen LogP contribution in [0.1, 0.15) is 16.8 Å². The normalized spacial score (nSPS) is 16.7. The van der Waals surface area contributed by atoms with Crippen molar-refractivity contribution in [3.05, 3.63) is 33.7 Å². The standard InChI is InChI=1S/C15H21N5O2S/c1-18-5-7-19(8-6-18)4-2-3-16-13(21)12-11-17-15-20(14(12)22)9-10-23-15/h9-11H,2-8H2,1H3,(H,16,21). The van der Waals surface area contributed by atoms with E-state index >= 15 is 0 Å². The van der Waals surface area contributed by atoms with Crippen molar-refractivity contribution < 1.29 is 4.79 Å². The monoisotopic (exact) mass is 335 g/mol. The third-order valence-corrected chi connectivity index (χ3v) is 4.89. The van der Waals surface area contributed by atoms with Gasteiger partial charge in [-0.25, -0.2) is 4.98 Å². The van der Waals surface area contributed by atoms with Crippen LogP contribution in [0.4, 0.5) is 0 Å². The number of amides is 1. The van der Waals surface area contributed by atoms with E-state index in [1.54, 1.807) is 11.6 Å². The molecule has 1 fully saturated rings. The Morgan fingerprint density at radius 2 is 2.13 bits per heavy atom. The molecule has 0 atom stereocenters. The molecule has 1 amide bonds. The SMILES string of the molecule is CN1CCN(CCCNC(=O)c2cnc3sccn3c2=O)CC1. The summed E-state index contributed by atoms with van der Waals surface area (Å²) in [6, 6.07) is 0. The van der Waals surface area contributed by atoms with Crippen molar-refractivity contribution in [3.63, 3.8) is 0 Å². The highest BCUT2D eigenvalue weighted by Crippen LogP contribution is 2.05. The highest BCUT2D eigenvalue weighted by atomic mass is 32.1. The van der Waals surface area contributed by atoms with Crippen molar-refractivity contribution in [2.75, 3.05) is 46.3 Å². The number of carbonyl (C=O) groups excluding carboxylic acids is 1. The van der Waals surface area contributed by atoms with Gasteiger partial charge in [0, 0.05) is 50.5 Å². The number of hydrogen-bond acceptors (Lipinski definition) is 6. The molecule has 3 heterocycles. The van der Waals surface area contributed by atoms with Crippen molar-refractivity contribution >= 4 is 22.2 Å². The van der Waals surface area contributed by atoms with Crippen LogP contribution in [-0.4, -0.2) is 71.4 Å². The molecule has 1 aliphatic rings. The van der Waals surface area contributed by atoms with Crippen LogP contribution in [0, 0.1) is 0 Å². The first-order valence-corrected chi connectivity index (χ1v) is 8.67. The maximum absolute atomic E-state index is 12.2. The molecule has 2 aromatic heterocycles. The van der Waals surface area contributed by atoms with Gasteiger partial charge in [0.15, 0.2) is 4.96 Å². The molecule has 3 rings (SSSR count). The van der Waals surface area contributed by atoms with Gasteiger partial charge in [0.2, 0.25) is 0 Å². The lowest BCUT2D eigenvalue weighted by Gasteiger charge is -2.32. The van der Waals surface area contributed by atoms with Gasteiger partial charge in [0.05, 0.1) is 0 Å². The molecule has 1 N–H and O–H groups in total. The summed E-state index contributed by atoms with van der Waals surface area (Å²) in [6.07, 6.45) is 3.88. The molecule has 0 bridgehead atoms. The summed E-state index contributed by atoms with van der Waals surface area (Å²) >= 11 is 1.37. The summed E-state index contributed by atoms with van der Waals surface area (Å²) in [5.74, 6) is -0.346. The predicted octanol–water partition coefficient (Wildman–Crippen LogP) is 0.123. The Hall–Kier alpha value is -1.77. The van der Waals surface area contributed by atoms with Crippen LogP contribution in [0.5, 0.6) is 0 Å². The number of nitrogens with one attached hydrogen (secondary N) is 1. The van der Waals surface area contributed by atoms with Crippen LogP contribution in [0.15, 0.2) is 22.6 Å². The number of aromatic nitrogens is 2. The van der Waals surface area contributed by atoms with Crippen LogP contribution < -0.4 is 10.9 Å². The number of fused-ring (bicyclic) bond motifs is 1. The van der Waals surface area contributed by atoms with E-state index in [0.29, 0.717) is 11.5 Å². The van der Waals surface area contributed by atoms with Gasteiger partial charge in [-0.1, -0.05) is 0 Å². The van der Waals surface area contributed by atoms with Gasteiger partial charge < -0.3 is 15.1 Å². The second-order valence-electron chi connectivity index (χ2n) is 5.79. The van der Waals surface area contributed by atoms with Crippen molar-refractivity contribution in [3.8, 4) is 0 Å². The van der Waals surface area contributed by atoms with E-state index in [4.69, 9.17) is 0 Å². The van der Waals surface area contributed by atoms with Gasteiger partial charge in [0.25, 0.3) is 11.5 Å². The lowest BCUT2D eigenvalue weighted by molar-refractivity contribution is 0.0947. The van der Waals surface area contributed by atoms with Gasteiger partial charge in [-0.3, -0.25) is 14.0 Å². The van der Waals surface area contributed by atoms with E-state index in [0.717, 1.165) is 39.1 Å². The molecule has 0 aliphatic carbocycles. The smallest absolute Gasteiger partial charge is 0.271 e. The number of likely N-dealkylation sites (N-methyl/N-ethyl adjacent to an activating group) is 1. The average Bonchev–Trinajstić information content (AvgIpc) is 3.03. The third-order valence-electron chi connectivity index (χ3n) is 4.12. The molecule has 0 unspecified atom stereocenters. The molecule has 0 spiro atoms. The minimum Gasteiger partial charge on any atom is -0.352 e. The summed E-state index contributed by atoms with van der Waals surface area (Å²) in [5.41, 5.74) is -0.215. The molecule has 7 nitrogen and oxygen atoms in total. The number of rotatable bonds is 5. The van der Waals surface area contributed by atoms with Crippen molar-refractivity contribution in [2.45, 2.75) is 6.42 Å². The van der Waals surface area contributed by atoms with E-state index in [-0.39, 0.29) is 17.0 Å². The first kappa shape index (κ1) is 16.1. The van der Waals surface area contributed by atoms with Gasteiger partial charge >= 0.3 is 0 Å². The second kappa shape index (κ2) is 7.20. The molecule has 2 aromatic rings. The fraction of sp³-hybridized carbons (Fsp3) is 0.533. The zero-order valence-electron chi connectivity index (χ0n) is 13.2. The molecule has 0 radical (unpaired) electrons. The Morgan fingerprint density at radius 3 is 2.91 bits per heavy atom. The Labute approximate surface area is 138 Å². The van der Waals surface area contributed by atoms with E-state index in [2.05, 4.69) is 27.1 Å². The lowest BCUT2D eigenvalue weighted by Crippen LogP contribution is -2.45. The minimum atomic E-state index is -0.346. The molecular weight excluding hydrogens is 314 g/mol. The Balaban J connectivity index is 1.49. The Morgan fingerprint density at radius 1 is 1.35 bits per heavy atom. The van der Waals surface area contributed by atoms with Crippen LogP contribution in [-0.2, 0) is 0 Å². The van der Waals surface area contributed by atoms with Crippen molar-refractivity contribution in [2.24, 2.45) is 0 Å². The molecule has 1 aliphatic heterocycles. The zero-order valence-corrected chi connectivity index (χ0v) is 14.0. The average molecular weight is 335 g/mol. The van der Waals surface area contributed by atoms with Crippen LogP contribution in [0.3, 0.4) is 0 Å². The van der Waals surface area contributed by atoms with Crippen LogP contribution in [0.25, 0.3) is 4.96 Å². The number of nitrogens with zero attached hydrogens (tertiary/aromatic N) is 4. The molecule has 8 heteroatoms. The number of piperazine rings is 1. The molecule has 1 saturated heterocycles. The van der Waals surface area contributed by atoms with E-state index < -0.39 is 0 Å². The van der Waals surface area contributed by atoms with Crippen molar-refractivity contribution in [1.29, 1.82) is 0 Å². The number of carbonyl (C=O) groups is 1. The molecule has 23 heavy (non-hydrogen) atoms. The predicted molar refractivity (Wildman–Crippen MR) is 90.2 cm³/mol. The highest BCUT2D eigenvalue weighted by molar-refractivity contribution is 7.15. The summed E-state index contributed by atoms with van der Waals surface area (Å²) in [7, 11) is 2.13. The molecule has 0 aromatic carbocycles. The van der Waals surface area contributed by atoms with Crippen LogP contribution >= 0.6 is 11.3 Å². The van der Waals surface area contributed by atoms with E-state index in [1.165, 1.54) is 21.9 Å². The number of hydrogen-bond donors (Lipinski definition) is 1. The maximum atomic E-state index is 12.2. The van der Waals surface area contributed by atoms with E-state index in [1.807, 2.05) is 0 Å². The summed E-state index contributed by atoms with van der Waals surface area (Å²) in [4.78, 5) is 33.8. The molecule has 124 valence electrons. The fourth-order valence-electron chi connectivity index (χ4n) is 2.65. The summed E-state index contributed by atoms with van der Waals surface area (Å²) in [5, 5.41) is 4.60. The Bertz CT molecular complexity index is 733. The third kappa shape index (κ3) is 3.77. The van der Waals surface area contributed by atoms with E-state index in [9.17, 15) is 9.59 Å². The Kier molecular flexibility index (Phi) is 5.04.